The fraction of sp³-hybridized carbons (Fsp3) is 0.688. The second kappa shape index (κ2) is 6.44. The summed E-state index contributed by atoms with van der Waals surface area (Å²) < 4.78 is 11.0. The summed E-state index contributed by atoms with van der Waals surface area (Å²) >= 11 is 0. The summed E-state index contributed by atoms with van der Waals surface area (Å²) in [6.07, 6.45) is 6.22. The van der Waals surface area contributed by atoms with Crippen molar-refractivity contribution in [1.82, 2.24) is 4.90 Å². The van der Waals surface area contributed by atoms with Crippen LogP contribution in [0.3, 0.4) is 0 Å². The highest BCUT2D eigenvalue weighted by Gasteiger charge is 2.28. The molecule has 1 amide bonds. The van der Waals surface area contributed by atoms with Gasteiger partial charge in [-0.15, -0.1) is 0 Å². The zero-order valence-electron chi connectivity index (χ0n) is 12.7. The lowest BCUT2D eigenvalue weighted by Crippen LogP contribution is -2.41. The largest absolute Gasteiger partial charge is 0.467 e. The molecule has 0 aliphatic heterocycles. The summed E-state index contributed by atoms with van der Waals surface area (Å²) in [5.74, 6) is 0.893. The van der Waals surface area contributed by atoms with Gasteiger partial charge in [0.25, 0.3) is 0 Å². The molecule has 0 saturated heterocycles. The molecule has 2 rings (SSSR count). The van der Waals surface area contributed by atoms with E-state index >= 15 is 0 Å². The predicted octanol–water partition coefficient (Wildman–Crippen LogP) is 3.37. The molecule has 4 nitrogen and oxygen atoms in total. The van der Waals surface area contributed by atoms with Crippen LogP contribution in [0.5, 0.6) is 0 Å². The third-order valence-electron chi connectivity index (χ3n) is 3.62. The zero-order valence-corrected chi connectivity index (χ0v) is 12.7. The molecule has 0 atom stereocenters. The minimum absolute atomic E-state index is 0.0585. The Bertz CT molecular complexity index is 413. The van der Waals surface area contributed by atoms with Crippen molar-refractivity contribution in [3.05, 3.63) is 24.2 Å². The molecule has 1 heterocycles. The highest BCUT2D eigenvalue weighted by Crippen LogP contribution is 2.25. The Morgan fingerprint density at radius 1 is 1.40 bits per heavy atom. The Kier molecular flexibility index (Phi) is 4.86. The topological polar surface area (TPSA) is 42.7 Å². The highest BCUT2D eigenvalue weighted by molar-refractivity contribution is 5.77. The lowest BCUT2D eigenvalue weighted by Gasteiger charge is -2.29. The van der Waals surface area contributed by atoms with Gasteiger partial charge in [-0.1, -0.05) is 12.8 Å². The van der Waals surface area contributed by atoms with E-state index in [-0.39, 0.29) is 18.1 Å². The maximum Gasteiger partial charge on any atom is 0.249 e. The fourth-order valence-electron chi connectivity index (χ4n) is 2.57. The third kappa shape index (κ3) is 4.37. The minimum Gasteiger partial charge on any atom is -0.467 e. The number of rotatable bonds is 5. The molecule has 1 fully saturated rings. The lowest BCUT2D eigenvalue weighted by atomic mass is 10.2. The van der Waals surface area contributed by atoms with Gasteiger partial charge in [0.2, 0.25) is 5.91 Å². The second-order valence-electron chi connectivity index (χ2n) is 6.44. The molecule has 1 aromatic rings. The molecule has 1 aliphatic carbocycles. The van der Waals surface area contributed by atoms with E-state index in [2.05, 4.69) is 0 Å². The van der Waals surface area contributed by atoms with E-state index in [1.165, 1.54) is 12.8 Å². The summed E-state index contributed by atoms with van der Waals surface area (Å²) in [5, 5.41) is 0. The molecule has 4 heteroatoms. The van der Waals surface area contributed by atoms with Crippen LogP contribution in [0, 0.1) is 0 Å². The summed E-state index contributed by atoms with van der Waals surface area (Å²) in [4.78, 5) is 14.4. The Labute approximate surface area is 121 Å². The van der Waals surface area contributed by atoms with Crippen molar-refractivity contribution in [1.29, 1.82) is 0 Å². The Hall–Kier alpha value is -1.29. The average Bonchev–Trinajstić information content (AvgIpc) is 3.04. The molecule has 20 heavy (non-hydrogen) atoms. The van der Waals surface area contributed by atoms with Crippen molar-refractivity contribution in [3.8, 4) is 0 Å². The summed E-state index contributed by atoms with van der Waals surface area (Å²) in [6.45, 7) is 6.58. The molecule has 1 aliphatic rings. The summed E-state index contributed by atoms with van der Waals surface area (Å²) in [7, 11) is 0. The summed E-state index contributed by atoms with van der Waals surface area (Å²) in [5.41, 5.74) is -0.290. The number of carbonyl (C=O) groups excluding carboxylic acids is 1. The van der Waals surface area contributed by atoms with Crippen LogP contribution in [0.1, 0.15) is 52.2 Å². The molecule has 0 radical (unpaired) electrons. The standard InChI is InChI=1S/C16H25NO3/c1-16(2,3)20-12-15(18)17(13-7-4-5-8-13)11-14-9-6-10-19-14/h6,9-10,13H,4-5,7-8,11-12H2,1-3H3. The Morgan fingerprint density at radius 3 is 2.65 bits per heavy atom. The van der Waals surface area contributed by atoms with Crippen LogP contribution in [-0.4, -0.2) is 29.1 Å². The lowest BCUT2D eigenvalue weighted by molar-refractivity contribution is -0.144. The van der Waals surface area contributed by atoms with E-state index < -0.39 is 0 Å². The quantitative estimate of drug-likeness (QED) is 0.830. The number of hydrogen-bond acceptors (Lipinski definition) is 3. The van der Waals surface area contributed by atoms with E-state index in [1.54, 1.807) is 6.26 Å². The van der Waals surface area contributed by atoms with E-state index in [1.807, 2.05) is 37.8 Å². The maximum absolute atomic E-state index is 12.5. The van der Waals surface area contributed by atoms with Crippen LogP contribution in [0.2, 0.25) is 0 Å². The van der Waals surface area contributed by atoms with Crippen LogP contribution in [0.25, 0.3) is 0 Å². The molecule has 1 saturated carbocycles. The third-order valence-corrected chi connectivity index (χ3v) is 3.62. The molecule has 0 spiro atoms. The van der Waals surface area contributed by atoms with Gasteiger partial charge >= 0.3 is 0 Å². The van der Waals surface area contributed by atoms with Crippen molar-refractivity contribution in [3.63, 3.8) is 0 Å². The number of furan rings is 1. The number of hydrogen-bond donors (Lipinski definition) is 0. The zero-order chi connectivity index (χ0) is 14.6. The molecule has 1 aromatic heterocycles. The van der Waals surface area contributed by atoms with Crippen LogP contribution >= 0.6 is 0 Å². The van der Waals surface area contributed by atoms with Crippen molar-refractivity contribution in [2.24, 2.45) is 0 Å². The average molecular weight is 279 g/mol. The van der Waals surface area contributed by atoms with Gasteiger partial charge in [0.15, 0.2) is 0 Å². The van der Waals surface area contributed by atoms with E-state index in [0.29, 0.717) is 12.6 Å². The van der Waals surface area contributed by atoms with Gasteiger partial charge in [-0.3, -0.25) is 4.79 Å². The van der Waals surface area contributed by atoms with Crippen LogP contribution < -0.4 is 0 Å². The first-order chi connectivity index (χ1) is 9.46. The van der Waals surface area contributed by atoms with Crippen LogP contribution in [0.4, 0.5) is 0 Å². The Morgan fingerprint density at radius 2 is 2.10 bits per heavy atom. The monoisotopic (exact) mass is 279 g/mol. The van der Waals surface area contributed by atoms with E-state index in [0.717, 1.165) is 18.6 Å². The summed E-state index contributed by atoms with van der Waals surface area (Å²) in [6, 6.07) is 4.11. The maximum atomic E-state index is 12.5. The van der Waals surface area contributed by atoms with E-state index in [9.17, 15) is 4.79 Å². The normalized spacial score (nSPS) is 16.6. The first-order valence-electron chi connectivity index (χ1n) is 7.41. The highest BCUT2D eigenvalue weighted by atomic mass is 16.5. The second-order valence-corrected chi connectivity index (χ2v) is 6.44. The van der Waals surface area contributed by atoms with Crippen molar-refractivity contribution < 1.29 is 13.9 Å². The number of nitrogens with zero attached hydrogens (tertiary/aromatic N) is 1. The molecular formula is C16H25NO3. The van der Waals surface area contributed by atoms with Crippen molar-refractivity contribution >= 4 is 5.91 Å². The van der Waals surface area contributed by atoms with Crippen molar-refractivity contribution in [2.45, 2.75) is 64.6 Å². The van der Waals surface area contributed by atoms with Crippen LogP contribution in [-0.2, 0) is 16.1 Å². The molecule has 0 N–H and O–H groups in total. The van der Waals surface area contributed by atoms with Gasteiger partial charge in [-0.25, -0.2) is 0 Å². The molecule has 112 valence electrons. The van der Waals surface area contributed by atoms with Gasteiger partial charge in [-0.2, -0.15) is 0 Å². The van der Waals surface area contributed by atoms with Gasteiger partial charge in [0, 0.05) is 6.04 Å². The molecule has 0 bridgehead atoms. The fourth-order valence-corrected chi connectivity index (χ4v) is 2.57. The smallest absolute Gasteiger partial charge is 0.249 e. The first-order valence-corrected chi connectivity index (χ1v) is 7.41. The van der Waals surface area contributed by atoms with E-state index in [4.69, 9.17) is 9.15 Å². The van der Waals surface area contributed by atoms with Crippen LogP contribution in [0.15, 0.2) is 22.8 Å². The number of carbonyl (C=O) groups is 1. The predicted molar refractivity (Wildman–Crippen MR) is 77.2 cm³/mol. The number of ether oxygens (including phenoxy) is 1. The molecule has 0 unspecified atom stereocenters. The molecular weight excluding hydrogens is 254 g/mol. The minimum atomic E-state index is -0.290. The van der Waals surface area contributed by atoms with Gasteiger partial charge in [-0.05, 0) is 45.7 Å². The SMILES string of the molecule is CC(C)(C)OCC(=O)N(Cc1ccco1)C1CCCC1. The first kappa shape index (κ1) is 15.1. The van der Waals surface area contributed by atoms with Crippen molar-refractivity contribution in [2.75, 3.05) is 6.61 Å². The van der Waals surface area contributed by atoms with Gasteiger partial charge in [0.1, 0.15) is 12.4 Å². The van der Waals surface area contributed by atoms with Gasteiger partial charge in [0.05, 0.1) is 18.4 Å². The van der Waals surface area contributed by atoms with Gasteiger partial charge < -0.3 is 14.1 Å². The number of amides is 1. The Balaban J connectivity index is 1.99. The molecule has 0 aromatic carbocycles.